The predicted octanol–water partition coefficient (Wildman–Crippen LogP) is 3.28. The summed E-state index contributed by atoms with van der Waals surface area (Å²) in [5.74, 6) is -0.194. The van der Waals surface area contributed by atoms with Crippen LogP contribution in [0, 0.1) is 6.92 Å². The van der Waals surface area contributed by atoms with E-state index in [1.54, 1.807) is 23.5 Å². The van der Waals surface area contributed by atoms with Gasteiger partial charge in [0.25, 0.3) is 0 Å². The van der Waals surface area contributed by atoms with Crippen LogP contribution in [0.15, 0.2) is 17.5 Å². The van der Waals surface area contributed by atoms with Gasteiger partial charge in [-0.05, 0) is 25.0 Å². The third-order valence-electron chi connectivity index (χ3n) is 2.77. The third kappa shape index (κ3) is 3.54. The van der Waals surface area contributed by atoms with Crippen molar-refractivity contribution in [3.63, 3.8) is 0 Å². The van der Waals surface area contributed by atoms with Crippen LogP contribution in [0.4, 0.5) is 5.82 Å². The Balaban J connectivity index is 2.19. The highest BCUT2D eigenvalue weighted by molar-refractivity contribution is 7.09. The van der Waals surface area contributed by atoms with Crippen molar-refractivity contribution >= 4 is 23.1 Å². The number of aryl methyl sites for hydroxylation is 1. The van der Waals surface area contributed by atoms with E-state index in [2.05, 4.69) is 15.3 Å². The van der Waals surface area contributed by atoms with Crippen molar-refractivity contribution in [1.82, 2.24) is 9.97 Å². The lowest BCUT2D eigenvalue weighted by atomic mass is 10.1. The summed E-state index contributed by atoms with van der Waals surface area (Å²) in [6.45, 7) is 6.47. The molecule has 106 valence electrons. The monoisotopic (exact) mass is 291 g/mol. The lowest BCUT2D eigenvalue weighted by Gasteiger charge is -2.10. The van der Waals surface area contributed by atoms with Gasteiger partial charge in [0, 0.05) is 16.8 Å². The number of carbonyl (C=O) groups is 1. The Morgan fingerprint density at radius 2 is 2.15 bits per heavy atom. The predicted molar refractivity (Wildman–Crippen MR) is 79.5 cm³/mol. The molecule has 0 bridgehead atoms. The van der Waals surface area contributed by atoms with Gasteiger partial charge < -0.3 is 10.4 Å². The van der Waals surface area contributed by atoms with Crippen molar-refractivity contribution in [1.29, 1.82) is 0 Å². The molecule has 0 amide bonds. The van der Waals surface area contributed by atoms with Crippen molar-refractivity contribution in [2.75, 3.05) is 5.32 Å². The van der Waals surface area contributed by atoms with Crippen molar-refractivity contribution in [2.45, 2.75) is 33.2 Å². The minimum absolute atomic E-state index is 0.178. The number of nitrogens with zero attached hydrogens (tertiary/aromatic N) is 2. The molecule has 0 unspecified atom stereocenters. The largest absolute Gasteiger partial charge is 0.478 e. The molecule has 0 saturated carbocycles. The second-order valence-corrected chi connectivity index (χ2v) is 5.80. The molecule has 0 spiro atoms. The van der Waals surface area contributed by atoms with Gasteiger partial charge in [0.2, 0.25) is 0 Å². The smallest absolute Gasteiger partial charge is 0.335 e. The maximum absolute atomic E-state index is 11.1. The second kappa shape index (κ2) is 6.00. The van der Waals surface area contributed by atoms with Crippen molar-refractivity contribution in [3.8, 4) is 0 Å². The Morgan fingerprint density at radius 1 is 1.40 bits per heavy atom. The number of rotatable bonds is 5. The van der Waals surface area contributed by atoms with Crippen molar-refractivity contribution in [3.05, 3.63) is 39.5 Å². The molecule has 5 nitrogen and oxygen atoms in total. The highest BCUT2D eigenvalue weighted by Crippen LogP contribution is 2.19. The fourth-order valence-corrected chi connectivity index (χ4v) is 2.42. The van der Waals surface area contributed by atoms with Crippen LogP contribution in [0.2, 0.25) is 0 Å². The number of carboxylic acids is 1. The molecule has 0 fully saturated rings. The molecule has 20 heavy (non-hydrogen) atoms. The van der Waals surface area contributed by atoms with E-state index in [1.807, 2.05) is 26.2 Å². The molecular weight excluding hydrogens is 274 g/mol. The van der Waals surface area contributed by atoms with Gasteiger partial charge in [-0.25, -0.2) is 14.8 Å². The van der Waals surface area contributed by atoms with E-state index in [4.69, 9.17) is 5.11 Å². The van der Waals surface area contributed by atoms with E-state index >= 15 is 0 Å². The molecule has 0 saturated heterocycles. The zero-order chi connectivity index (χ0) is 14.7. The van der Waals surface area contributed by atoms with E-state index in [9.17, 15) is 4.79 Å². The number of hydrogen-bond donors (Lipinski definition) is 2. The Bertz CT molecular complexity index is 623. The zero-order valence-electron chi connectivity index (χ0n) is 11.7. The molecular formula is C14H17N3O2S. The SMILES string of the molecule is Cc1csc(CNc2cc(C(=O)O)cc(C(C)C)n2)n1. The molecule has 2 aromatic heterocycles. The second-order valence-electron chi connectivity index (χ2n) is 4.86. The van der Waals surface area contributed by atoms with Gasteiger partial charge in [-0.3, -0.25) is 0 Å². The topological polar surface area (TPSA) is 75.1 Å². The van der Waals surface area contributed by atoms with Crippen LogP contribution >= 0.6 is 11.3 Å². The maximum Gasteiger partial charge on any atom is 0.335 e. The van der Waals surface area contributed by atoms with Gasteiger partial charge in [0.15, 0.2) is 0 Å². The summed E-state index contributed by atoms with van der Waals surface area (Å²) in [6, 6.07) is 3.17. The number of aromatic nitrogens is 2. The number of hydrogen-bond acceptors (Lipinski definition) is 5. The van der Waals surface area contributed by atoms with Gasteiger partial charge in [0.1, 0.15) is 10.8 Å². The van der Waals surface area contributed by atoms with Crippen molar-refractivity contribution in [2.24, 2.45) is 0 Å². The van der Waals surface area contributed by atoms with Gasteiger partial charge in [-0.15, -0.1) is 11.3 Å². The maximum atomic E-state index is 11.1. The summed E-state index contributed by atoms with van der Waals surface area (Å²) < 4.78 is 0. The Kier molecular flexibility index (Phi) is 4.34. The van der Waals surface area contributed by atoms with Crippen LogP contribution in [-0.2, 0) is 6.54 Å². The molecule has 2 aromatic rings. The van der Waals surface area contributed by atoms with E-state index in [-0.39, 0.29) is 11.5 Å². The third-order valence-corrected chi connectivity index (χ3v) is 3.74. The number of aromatic carboxylic acids is 1. The fraction of sp³-hybridized carbons (Fsp3) is 0.357. The van der Waals surface area contributed by atoms with Crippen LogP contribution in [0.5, 0.6) is 0 Å². The van der Waals surface area contributed by atoms with Crippen LogP contribution in [0.25, 0.3) is 0 Å². The van der Waals surface area contributed by atoms with Crippen molar-refractivity contribution < 1.29 is 9.90 Å². The van der Waals surface area contributed by atoms with E-state index in [1.165, 1.54) is 0 Å². The van der Waals surface area contributed by atoms with Gasteiger partial charge in [-0.1, -0.05) is 13.8 Å². The summed E-state index contributed by atoms with van der Waals surface area (Å²) in [4.78, 5) is 19.9. The number of thiazole rings is 1. The first-order valence-electron chi connectivity index (χ1n) is 6.36. The number of anilines is 1. The van der Waals surface area contributed by atoms with Gasteiger partial charge in [0.05, 0.1) is 12.1 Å². The molecule has 2 N–H and O–H groups in total. The summed E-state index contributed by atoms with van der Waals surface area (Å²) in [6.07, 6.45) is 0. The summed E-state index contributed by atoms with van der Waals surface area (Å²) in [5.41, 5.74) is 2.01. The average Bonchev–Trinajstić information content (AvgIpc) is 2.81. The summed E-state index contributed by atoms with van der Waals surface area (Å²) >= 11 is 1.57. The quantitative estimate of drug-likeness (QED) is 0.884. The number of nitrogens with one attached hydrogen (secondary N) is 1. The molecule has 0 aromatic carbocycles. The molecule has 0 aliphatic heterocycles. The minimum Gasteiger partial charge on any atom is -0.478 e. The Morgan fingerprint density at radius 3 is 2.70 bits per heavy atom. The molecule has 0 atom stereocenters. The highest BCUT2D eigenvalue weighted by Gasteiger charge is 2.11. The standard InChI is InChI=1S/C14H17N3O2S/c1-8(2)11-4-10(14(18)19)5-12(17-11)15-6-13-16-9(3)7-20-13/h4-5,7-8H,6H2,1-3H3,(H,15,17)(H,18,19). The normalized spacial score (nSPS) is 10.8. The first-order chi connectivity index (χ1) is 9.45. The van der Waals surface area contributed by atoms with Crippen LogP contribution < -0.4 is 5.32 Å². The molecule has 0 aliphatic carbocycles. The zero-order valence-corrected chi connectivity index (χ0v) is 12.5. The average molecular weight is 291 g/mol. The van der Waals surface area contributed by atoms with Crippen LogP contribution in [-0.4, -0.2) is 21.0 Å². The molecule has 6 heteroatoms. The summed E-state index contributed by atoms with van der Waals surface area (Å²) in [5, 5.41) is 15.2. The molecule has 0 aliphatic rings. The fourth-order valence-electron chi connectivity index (χ4n) is 1.71. The molecule has 0 radical (unpaired) electrons. The number of pyridine rings is 1. The number of carboxylic acid groups (broad SMARTS) is 1. The minimum atomic E-state index is -0.942. The van der Waals surface area contributed by atoms with Gasteiger partial charge >= 0.3 is 5.97 Å². The van der Waals surface area contributed by atoms with E-state index in [0.717, 1.165) is 16.4 Å². The van der Waals surface area contributed by atoms with Gasteiger partial charge in [-0.2, -0.15) is 0 Å². The van der Waals surface area contributed by atoms with E-state index in [0.29, 0.717) is 12.4 Å². The van der Waals surface area contributed by atoms with Crippen LogP contribution in [0.1, 0.15) is 46.5 Å². The lowest BCUT2D eigenvalue weighted by Crippen LogP contribution is -2.07. The highest BCUT2D eigenvalue weighted by atomic mass is 32.1. The van der Waals surface area contributed by atoms with E-state index < -0.39 is 5.97 Å². The molecule has 2 heterocycles. The lowest BCUT2D eigenvalue weighted by molar-refractivity contribution is 0.0696. The first-order valence-corrected chi connectivity index (χ1v) is 7.24. The van der Waals surface area contributed by atoms with Crippen LogP contribution in [0.3, 0.4) is 0 Å². The summed E-state index contributed by atoms with van der Waals surface area (Å²) in [7, 11) is 0. The Hall–Kier alpha value is -1.95. The molecule has 2 rings (SSSR count). The Labute approximate surface area is 121 Å². The first kappa shape index (κ1) is 14.5.